The standard InChI is InChI=1S/C17H15FN4OS/c1-11-2-3-13(18)6-12(11)7-16(23)21-8-14-10-24-17(22-14)15-9-19-4-5-20-15/h2-6,9-10H,7-8H2,1H3,(H,21,23). The lowest BCUT2D eigenvalue weighted by atomic mass is 10.1. The van der Waals surface area contributed by atoms with Gasteiger partial charge in [0, 0.05) is 17.8 Å². The second kappa shape index (κ2) is 7.27. The van der Waals surface area contributed by atoms with E-state index in [9.17, 15) is 9.18 Å². The summed E-state index contributed by atoms with van der Waals surface area (Å²) in [7, 11) is 0. The van der Waals surface area contributed by atoms with Crippen LogP contribution in [-0.2, 0) is 17.8 Å². The fraction of sp³-hybridized carbons (Fsp3) is 0.176. The summed E-state index contributed by atoms with van der Waals surface area (Å²) in [5.74, 6) is -0.505. The molecule has 122 valence electrons. The Kier molecular flexibility index (Phi) is 4.90. The predicted octanol–water partition coefficient (Wildman–Crippen LogP) is 2.91. The summed E-state index contributed by atoms with van der Waals surface area (Å²) in [5, 5.41) is 5.44. The third-order valence-electron chi connectivity index (χ3n) is 3.46. The summed E-state index contributed by atoms with van der Waals surface area (Å²) in [6.45, 7) is 2.18. The summed E-state index contributed by atoms with van der Waals surface area (Å²) in [4.78, 5) is 24.7. The highest BCUT2D eigenvalue weighted by Gasteiger charge is 2.09. The molecule has 0 fully saturated rings. The van der Waals surface area contributed by atoms with Crippen molar-refractivity contribution in [2.24, 2.45) is 0 Å². The molecule has 2 heterocycles. The van der Waals surface area contributed by atoms with Crippen molar-refractivity contribution in [3.8, 4) is 10.7 Å². The van der Waals surface area contributed by atoms with Crippen LogP contribution in [0.15, 0.2) is 42.2 Å². The number of amides is 1. The predicted molar refractivity (Wildman–Crippen MR) is 89.8 cm³/mol. The summed E-state index contributed by atoms with van der Waals surface area (Å²) in [6, 6.07) is 4.45. The van der Waals surface area contributed by atoms with Crippen LogP contribution in [0.5, 0.6) is 0 Å². The van der Waals surface area contributed by atoms with Crippen LogP contribution < -0.4 is 5.32 Å². The summed E-state index contributed by atoms with van der Waals surface area (Å²) >= 11 is 1.45. The second-order valence-corrected chi connectivity index (χ2v) is 6.12. The van der Waals surface area contributed by atoms with Crippen molar-refractivity contribution in [1.82, 2.24) is 20.3 Å². The van der Waals surface area contributed by atoms with Gasteiger partial charge in [0.15, 0.2) is 0 Å². The van der Waals surface area contributed by atoms with Gasteiger partial charge in [0.25, 0.3) is 0 Å². The second-order valence-electron chi connectivity index (χ2n) is 5.26. The number of rotatable bonds is 5. The maximum absolute atomic E-state index is 13.3. The fourth-order valence-corrected chi connectivity index (χ4v) is 2.95. The SMILES string of the molecule is Cc1ccc(F)cc1CC(=O)NCc1csc(-c2cnccn2)n1. The molecule has 1 aromatic carbocycles. The molecule has 5 nitrogen and oxygen atoms in total. The van der Waals surface area contributed by atoms with Gasteiger partial charge in [0.05, 0.1) is 24.9 Å². The Labute approximate surface area is 142 Å². The monoisotopic (exact) mass is 342 g/mol. The molecular weight excluding hydrogens is 327 g/mol. The average Bonchev–Trinajstić information content (AvgIpc) is 3.06. The van der Waals surface area contributed by atoms with Gasteiger partial charge >= 0.3 is 0 Å². The number of aromatic nitrogens is 3. The topological polar surface area (TPSA) is 67.8 Å². The highest BCUT2D eigenvalue weighted by atomic mass is 32.1. The summed E-state index contributed by atoms with van der Waals surface area (Å²) in [5.41, 5.74) is 3.04. The van der Waals surface area contributed by atoms with E-state index in [1.54, 1.807) is 24.7 Å². The van der Waals surface area contributed by atoms with E-state index in [4.69, 9.17) is 0 Å². The van der Waals surface area contributed by atoms with Gasteiger partial charge in [-0.15, -0.1) is 11.3 Å². The van der Waals surface area contributed by atoms with Gasteiger partial charge in [-0.3, -0.25) is 14.8 Å². The van der Waals surface area contributed by atoms with Crippen LogP contribution >= 0.6 is 11.3 Å². The van der Waals surface area contributed by atoms with E-state index in [-0.39, 0.29) is 18.1 Å². The van der Waals surface area contributed by atoms with E-state index in [0.29, 0.717) is 17.8 Å². The molecule has 1 N–H and O–H groups in total. The highest BCUT2D eigenvalue weighted by molar-refractivity contribution is 7.13. The minimum absolute atomic E-state index is 0.144. The number of nitrogens with one attached hydrogen (secondary N) is 1. The summed E-state index contributed by atoms with van der Waals surface area (Å²) < 4.78 is 13.3. The first-order chi connectivity index (χ1) is 11.6. The van der Waals surface area contributed by atoms with Gasteiger partial charge in [0.2, 0.25) is 5.91 Å². The fourth-order valence-electron chi connectivity index (χ4n) is 2.17. The van der Waals surface area contributed by atoms with Crippen molar-refractivity contribution in [3.63, 3.8) is 0 Å². The first kappa shape index (κ1) is 16.2. The molecule has 0 radical (unpaired) electrons. The lowest BCUT2D eigenvalue weighted by Gasteiger charge is -2.06. The Morgan fingerprint density at radius 2 is 2.21 bits per heavy atom. The van der Waals surface area contributed by atoms with Crippen LogP contribution in [0.3, 0.4) is 0 Å². The molecule has 7 heteroatoms. The number of aryl methyl sites for hydroxylation is 1. The number of benzene rings is 1. The van der Waals surface area contributed by atoms with Crippen LogP contribution in [0.25, 0.3) is 10.7 Å². The van der Waals surface area contributed by atoms with Crippen LogP contribution in [0.2, 0.25) is 0 Å². The van der Waals surface area contributed by atoms with Crippen LogP contribution in [0.1, 0.15) is 16.8 Å². The lowest BCUT2D eigenvalue weighted by molar-refractivity contribution is -0.120. The Morgan fingerprint density at radius 3 is 3.00 bits per heavy atom. The number of carbonyl (C=O) groups is 1. The molecule has 3 aromatic rings. The van der Waals surface area contributed by atoms with Gasteiger partial charge in [0.1, 0.15) is 16.5 Å². The molecule has 0 aliphatic rings. The van der Waals surface area contributed by atoms with E-state index < -0.39 is 0 Å². The van der Waals surface area contributed by atoms with E-state index in [0.717, 1.165) is 16.3 Å². The van der Waals surface area contributed by atoms with Gasteiger partial charge in [-0.05, 0) is 30.2 Å². The number of nitrogens with zero attached hydrogens (tertiary/aromatic N) is 3. The molecular formula is C17H15FN4OS. The first-order valence-electron chi connectivity index (χ1n) is 7.34. The van der Waals surface area contributed by atoms with Crippen molar-refractivity contribution in [2.75, 3.05) is 0 Å². The van der Waals surface area contributed by atoms with Gasteiger partial charge in [-0.1, -0.05) is 6.07 Å². The number of halogens is 1. The highest BCUT2D eigenvalue weighted by Crippen LogP contribution is 2.20. The summed E-state index contributed by atoms with van der Waals surface area (Å²) in [6.07, 6.45) is 5.00. The Hall–Kier alpha value is -2.67. The molecule has 1 amide bonds. The molecule has 0 unspecified atom stereocenters. The molecule has 0 saturated carbocycles. The molecule has 0 atom stereocenters. The zero-order valence-corrected chi connectivity index (χ0v) is 13.8. The smallest absolute Gasteiger partial charge is 0.224 e. The zero-order valence-electron chi connectivity index (χ0n) is 13.0. The molecule has 24 heavy (non-hydrogen) atoms. The zero-order chi connectivity index (χ0) is 16.9. The normalized spacial score (nSPS) is 10.6. The maximum atomic E-state index is 13.3. The maximum Gasteiger partial charge on any atom is 0.224 e. The van der Waals surface area contributed by atoms with E-state index in [1.165, 1.54) is 23.5 Å². The first-order valence-corrected chi connectivity index (χ1v) is 8.22. The van der Waals surface area contributed by atoms with Crippen LogP contribution in [-0.4, -0.2) is 20.9 Å². The minimum atomic E-state index is -0.337. The third kappa shape index (κ3) is 3.99. The molecule has 3 rings (SSSR count). The van der Waals surface area contributed by atoms with Crippen molar-refractivity contribution < 1.29 is 9.18 Å². The lowest BCUT2D eigenvalue weighted by Crippen LogP contribution is -2.25. The molecule has 0 spiro atoms. The van der Waals surface area contributed by atoms with Crippen molar-refractivity contribution in [1.29, 1.82) is 0 Å². The van der Waals surface area contributed by atoms with E-state index in [2.05, 4.69) is 20.3 Å². The minimum Gasteiger partial charge on any atom is -0.350 e. The molecule has 0 bridgehead atoms. The van der Waals surface area contributed by atoms with E-state index in [1.807, 2.05) is 12.3 Å². The van der Waals surface area contributed by atoms with Crippen molar-refractivity contribution >= 4 is 17.2 Å². The van der Waals surface area contributed by atoms with Gasteiger partial charge < -0.3 is 5.32 Å². The largest absolute Gasteiger partial charge is 0.350 e. The van der Waals surface area contributed by atoms with Crippen LogP contribution in [0.4, 0.5) is 4.39 Å². The average molecular weight is 342 g/mol. The molecule has 0 saturated heterocycles. The van der Waals surface area contributed by atoms with Gasteiger partial charge in [-0.2, -0.15) is 0 Å². The Bertz CT molecular complexity index is 851. The Balaban J connectivity index is 1.59. The van der Waals surface area contributed by atoms with E-state index >= 15 is 0 Å². The van der Waals surface area contributed by atoms with Crippen molar-refractivity contribution in [3.05, 3.63) is 64.8 Å². The van der Waals surface area contributed by atoms with Crippen LogP contribution in [0, 0.1) is 12.7 Å². The third-order valence-corrected chi connectivity index (χ3v) is 4.38. The van der Waals surface area contributed by atoms with Crippen molar-refractivity contribution in [2.45, 2.75) is 19.9 Å². The molecule has 2 aromatic heterocycles. The number of thiazole rings is 1. The quantitative estimate of drug-likeness (QED) is 0.774. The molecule has 0 aliphatic carbocycles. The number of carbonyl (C=O) groups excluding carboxylic acids is 1. The number of hydrogen-bond acceptors (Lipinski definition) is 5. The Morgan fingerprint density at radius 1 is 1.33 bits per heavy atom. The van der Waals surface area contributed by atoms with Gasteiger partial charge in [-0.25, -0.2) is 9.37 Å². The molecule has 0 aliphatic heterocycles. The number of hydrogen-bond donors (Lipinski definition) is 1.